The summed E-state index contributed by atoms with van der Waals surface area (Å²) in [6.45, 7) is 3.75. The number of likely N-dealkylation sites (tertiary alicyclic amines) is 1. The third-order valence-electron chi connectivity index (χ3n) is 4.48. The molecule has 5 nitrogen and oxygen atoms in total. The van der Waals surface area contributed by atoms with Crippen LogP contribution in [0.3, 0.4) is 0 Å². The molecule has 1 aromatic carbocycles. The summed E-state index contributed by atoms with van der Waals surface area (Å²) in [5.74, 6) is 4.97. The fraction of sp³-hybridized carbons (Fsp3) is 0.381. The second-order valence-electron chi connectivity index (χ2n) is 7.24. The average molecular weight is 371 g/mol. The van der Waals surface area contributed by atoms with Crippen LogP contribution in [0, 0.1) is 17.7 Å². The lowest BCUT2D eigenvalue weighted by atomic mass is 9.87. The van der Waals surface area contributed by atoms with E-state index in [1.54, 1.807) is 32.0 Å². The molecule has 27 heavy (non-hydrogen) atoms. The van der Waals surface area contributed by atoms with Crippen molar-refractivity contribution in [2.24, 2.45) is 0 Å². The Hall–Kier alpha value is -2.62. The van der Waals surface area contributed by atoms with Gasteiger partial charge in [0.1, 0.15) is 11.4 Å². The summed E-state index contributed by atoms with van der Waals surface area (Å²) in [6.07, 6.45) is -0.164. The second-order valence-corrected chi connectivity index (χ2v) is 7.24. The number of nitrogens with zero attached hydrogens (tertiary/aromatic N) is 1. The largest absolute Gasteiger partial charge is 0.443 e. The van der Waals surface area contributed by atoms with E-state index in [2.05, 4.69) is 11.8 Å². The molecule has 0 spiro atoms. The molecular formula is C21H22FNO4. The summed E-state index contributed by atoms with van der Waals surface area (Å²) < 4.78 is 18.5. The van der Waals surface area contributed by atoms with Gasteiger partial charge in [-0.05, 0) is 56.0 Å². The van der Waals surface area contributed by atoms with Crippen LogP contribution in [0.1, 0.15) is 48.1 Å². The Morgan fingerprint density at radius 2 is 1.96 bits per heavy atom. The molecule has 0 aliphatic carbocycles. The standard InChI is InChI=1S/C21H22FNO4/c1-21(2,26)11-9-16-7-8-19(27-16)20(25)23-12-10-17(18(24)13-23)14-3-5-15(22)6-4-14/h3-8,17-18,24,26H,10,12-13H2,1-2H3/t17-,18+/m0/s1. The maximum absolute atomic E-state index is 13.1. The van der Waals surface area contributed by atoms with Crippen LogP contribution in [-0.4, -0.2) is 45.8 Å². The van der Waals surface area contributed by atoms with Crippen molar-refractivity contribution in [3.05, 3.63) is 59.3 Å². The first kappa shape index (κ1) is 19.2. The molecule has 2 N–H and O–H groups in total. The molecule has 0 radical (unpaired) electrons. The predicted molar refractivity (Wildman–Crippen MR) is 97.6 cm³/mol. The smallest absolute Gasteiger partial charge is 0.289 e. The molecule has 142 valence electrons. The number of hydrogen-bond acceptors (Lipinski definition) is 4. The molecule has 1 fully saturated rings. The molecule has 2 atom stereocenters. The third-order valence-corrected chi connectivity index (χ3v) is 4.48. The first-order valence-corrected chi connectivity index (χ1v) is 8.81. The lowest BCUT2D eigenvalue weighted by Gasteiger charge is -2.35. The lowest BCUT2D eigenvalue weighted by molar-refractivity contribution is 0.0359. The Morgan fingerprint density at radius 1 is 1.26 bits per heavy atom. The molecule has 2 aromatic rings. The summed E-state index contributed by atoms with van der Waals surface area (Å²) in [5.41, 5.74) is -0.290. The van der Waals surface area contributed by atoms with Gasteiger partial charge in [-0.1, -0.05) is 18.1 Å². The second kappa shape index (κ2) is 7.55. The fourth-order valence-electron chi connectivity index (χ4n) is 3.11. The molecule has 0 saturated carbocycles. The number of halogens is 1. The quantitative estimate of drug-likeness (QED) is 0.796. The highest BCUT2D eigenvalue weighted by Crippen LogP contribution is 2.29. The molecule has 1 amide bonds. The first-order chi connectivity index (χ1) is 12.7. The fourth-order valence-corrected chi connectivity index (χ4v) is 3.11. The number of aliphatic hydroxyl groups excluding tert-OH is 1. The molecule has 0 unspecified atom stereocenters. The highest BCUT2D eigenvalue weighted by molar-refractivity contribution is 5.91. The van der Waals surface area contributed by atoms with Crippen molar-refractivity contribution >= 4 is 5.91 Å². The van der Waals surface area contributed by atoms with E-state index in [0.717, 1.165) is 5.56 Å². The van der Waals surface area contributed by atoms with E-state index in [1.165, 1.54) is 23.1 Å². The Labute approximate surface area is 157 Å². The molecule has 1 aliphatic rings. The molecule has 1 aromatic heterocycles. The van der Waals surface area contributed by atoms with E-state index in [4.69, 9.17) is 4.42 Å². The highest BCUT2D eigenvalue weighted by Gasteiger charge is 2.32. The van der Waals surface area contributed by atoms with Crippen LogP contribution in [0.2, 0.25) is 0 Å². The number of piperidine rings is 1. The minimum atomic E-state index is -1.15. The Kier molecular flexibility index (Phi) is 5.36. The Balaban J connectivity index is 1.66. The van der Waals surface area contributed by atoms with Crippen LogP contribution in [0.5, 0.6) is 0 Å². The monoisotopic (exact) mass is 371 g/mol. The van der Waals surface area contributed by atoms with E-state index in [-0.39, 0.29) is 29.9 Å². The van der Waals surface area contributed by atoms with Crippen LogP contribution in [0.15, 0.2) is 40.8 Å². The van der Waals surface area contributed by atoms with Crippen LogP contribution in [0.4, 0.5) is 4.39 Å². The zero-order valence-electron chi connectivity index (χ0n) is 15.3. The number of amides is 1. The summed E-state index contributed by atoms with van der Waals surface area (Å²) in [5, 5.41) is 20.1. The number of carbonyl (C=O) groups is 1. The summed E-state index contributed by atoms with van der Waals surface area (Å²) >= 11 is 0. The molecule has 3 rings (SSSR count). The van der Waals surface area contributed by atoms with Gasteiger partial charge in [-0.25, -0.2) is 4.39 Å². The van der Waals surface area contributed by atoms with Crippen molar-refractivity contribution in [1.29, 1.82) is 0 Å². The van der Waals surface area contributed by atoms with E-state index in [0.29, 0.717) is 18.7 Å². The van der Waals surface area contributed by atoms with Gasteiger partial charge in [-0.15, -0.1) is 0 Å². The van der Waals surface area contributed by atoms with E-state index in [1.807, 2.05) is 0 Å². The maximum atomic E-state index is 13.1. The normalized spacial score (nSPS) is 20.1. The van der Waals surface area contributed by atoms with E-state index < -0.39 is 11.7 Å². The van der Waals surface area contributed by atoms with Crippen molar-refractivity contribution in [3.63, 3.8) is 0 Å². The van der Waals surface area contributed by atoms with Gasteiger partial charge in [-0.2, -0.15) is 0 Å². The number of β-amino-alcohol motifs (C(OH)–C–C–N with tert-alkyl or cyclic N) is 1. The summed E-state index contributed by atoms with van der Waals surface area (Å²) in [4.78, 5) is 14.2. The van der Waals surface area contributed by atoms with Crippen LogP contribution in [0.25, 0.3) is 0 Å². The van der Waals surface area contributed by atoms with Gasteiger partial charge >= 0.3 is 0 Å². The number of aliphatic hydroxyl groups is 2. The van der Waals surface area contributed by atoms with Crippen molar-refractivity contribution in [2.75, 3.05) is 13.1 Å². The summed E-state index contributed by atoms with van der Waals surface area (Å²) in [7, 11) is 0. The van der Waals surface area contributed by atoms with E-state index in [9.17, 15) is 19.4 Å². The van der Waals surface area contributed by atoms with Gasteiger partial charge in [0.2, 0.25) is 0 Å². The van der Waals surface area contributed by atoms with Gasteiger partial charge in [0.05, 0.1) is 6.10 Å². The minimum absolute atomic E-state index is 0.139. The van der Waals surface area contributed by atoms with Crippen LogP contribution < -0.4 is 0 Å². The molecule has 1 saturated heterocycles. The van der Waals surface area contributed by atoms with Crippen molar-refractivity contribution in [1.82, 2.24) is 4.90 Å². The molecule has 0 bridgehead atoms. The zero-order chi connectivity index (χ0) is 19.6. The Morgan fingerprint density at radius 3 is 2.59 bits per heavy atom. The molecule has 2 heterocycles. The van der Waals surface area contributed by atoms with Gasteiger partial charge in [-0.3, -0.25) is 4.79 Å². The van der Waals surface area contributed by atoms with Crippen molar-refractivity contribution in [2.45, 2.75) is 37.9 Å². The number of furan rings is 1. The first-order valence-electron chi connectivity index (χ1n) is 8.81. The number of carbonyl (C=O) groups excluding carboxylic acids is 1. The van der Waals surface area contributed by atoms with Gasteiger partial charge in [0.15, 0.2) is 11.5 Å². The van der Waals surface area contributed by atoms with Gasteiger partial charge in [0, 0.05) is 19.0 Å². The number of rotatable bonds is 2. The maximum Gasteiger partial charge on any atom is 0.289 e. The number of benzene rings is 1. The molecular weight excluding hydrogens is 349 g/mol. The predicted octanol–water partition coefficient (Wildman–Crippen LogP) is 2.53. The summed E-state index contributed by atoms with van der Waals surface area (Å²) in [6, 6.07) is 9.20. The van der Waals surface area contributed by atoms with Crippen molar-refractivity contribution in [3.8, 4) is 11.8 Å². The highest BCUT2D eigenvalue weighted by atomic mass is 19.1. The SMILES string of the molecule is CC(C)(O)C#Cc1ccc(C(=O)N2CC[C@@H](c3ccc(F)cc3)[C@H](O)C2)o1. The van der Waals surface area contributed by atoms with Crippen LogP contribution >= 0.6 is 0 Å². The molecule has 1 aliphatic heterocycles. The Bertz CT molecular complexity index is 870. The third kappa shape index (κ3) is 4.76. The molecule has 6 heteroatoms. The van der Waals surface area contributed by atoms with Gasteiger partial charge in [0.25, 0.3) is 5.91 Å². The topological polar surface area (TPSA) is 73.9 Å². The number of hydrogen-bond donors (Lipinski definition) is 2. The average Bonchev–Trinajstić information content (AvgIpc) is 3.09. The minimum Gasteiger partial charge on any atom is -0.443 e. The van der Waals surface area contributed by atoms with Gasteiger partial charge < -0.3 is 19.5 Å². The van der Waals surface area contributed by atoms with Crippen molar-refractivity contribution < 1.29 is 23.8 Å². The lowest BCUT2D eigenvalue weighted by Crippen LogP contribution is -2.45. The van der Waals surface area contributed by atoms with Crippen LogP contribution in [-0.2, 0) is 0 Å². The van der Waals surface area contributed by atoms with E-state index >= 15 is 0 Å². The zero-order valence-corrected chi connectivity index (χ0v) is 15.3.